The van der Waals surface area contributed by atoms with Crippen molar-refractivity contribution in [2.75, 3.05) is 48.2 Å². The van der Waals surface area contributed by atoms with E-state index in [2.05, 4.69) is 129 Å². The van der Waals surface area contributed by atoms with Gasteiger partial charge in [0.1, 0.15) is 71.4 Å². The number of pyridine rings is 12. The molecule has 4 aliphatic heterocycles. The van der Waals surface area contributed by atoms with Crippen molar-refractivity contribution in [1.29, 1.82) is 0 Å². The van der Waals surface area contributed by atoms with E-state index in [0.29, 0.717) is 28.7 Å². The number of nitrogens with zero attached hydrogens (tertiary/aromatic N) is 24. The molecule has 24 nitrogen and oxygen atoms in total. The minimum absolute atomic E-state index is 0. The van der Waals surface area contributed by atoms with Gasteiger partial charge in [-0.1, -0.05) is 114 Å². The van der Waals surface area contributed by atoms with Crippen LogP contribution in [0.4, 0.5) is 93.0 Å². The van der Waals surface area contributed by atoms with Crippen LogP contribution in [0.1, 0.15) is 43.4 Å². The zero-order valence-corrected chi connectivity index (χ0v) is 72.7. The van der Waals surface area contributed by atoms with Crippen molar-refractivity contribution in [1.82, 2.24) is 79.4 Å². The van der Waals surface area contributed by atoms with Crippen molar-refractivity contribution in [2.24, 2.45) is 20.4 Å². The Morgan fingerprint density at radius 1 is 0.320 bits per heavy atom. The van der Waals surface area contributed by atoms with E-state index >= 15 is 0 Å². The number of halogens is 16. The molecule has 0 amide bonds. The van der Waals surface area contributed by atoms with E-state index in [-0.39, 0.29) is 129 Å². The molecule has 122 heavy (non-hydrogen) atoms. The number of aromatic nitrogens is 12. The minimum atomic E-state index is -0.936. The Morgan fingerprint density at radius 3 is 0.852 bits per heavy atom. The Labute approximate surface area is 745 Å². The normalized spacial score (nSPS) is 12.4. The number of hydrazone groups is 4. The Bertz CT molecular complexity index is 5240. The number of anilines is 4. The monoisotopic (exact) mass is 2410 g/mol. The second-order valence-corrected chi connectivity index (χ2v) is 23.9. The molecule has 12 aromatic heterocycles. The summed E-state index contributed by atoms with van der Waals surface area (Å²) in [7, 11) is 6.94. The third-order valence-electron chi connectivity index (χ3n) is 14.7. The first-order valence-corrected chi connectivity index (χ1v) is 33.7. The maximum absolute atomic E-state index is 13.4. The van der Waals surface area contributed by atoms with Crippen LogP contribution in [0, 0.1) is 177 Å². The van der Waals surface area contributed by atoms with Gasteiger partial charge < -0.3 is 79.5 Å². The summed E-state index contributed by atoms with van der Waals surface area (Å²) in [6.07, 6.45) is 13.0. The quantitative estimate of drug-likeness (QED) is 0.0704. The predicted molar refractivity (Wildman–Crippen MR) is 397 cm³/mol. The van der Waals surface area contributed by atoms with Crippen LogP contribution in [0.25, 0.3) is 45.0 Å². The van der Waals surface area contributed by atoms with Crippen LogP contribution in [0.2, 0.25) is 0 Å². The van der Waals surface area contributed by atoms with Gasteiger partial charge in [0.2, 0.25) is 0 Å². The maximum Gasteiger partial charge on any atom is 0.128 e. The predicted octanol–water partition coefficient (Wildman–Crippen LogP) is 14.8. The number of rotatable bonds is 10. The first kappa shape index (κ1) is 101. The first-order chi connectivity index (χ1) is 56.4. The standard InChI is InChI=1S/C13H11F2N2.C12H9F2N2.C11H7F2N2.C10H5F2N2.4C8H6F2N4.4Pt/c1-8(2)9-5-6-16-11(7-9)10-3-4-12(14)17-13(10)15;1-2-8-5-6-15-10(7-8)9-3-4-11(13)16-12(9)14;1-7-4-5-14-9(6-7)8-2-3-10(12)15-11(8)13;11-9-5-4-7(10(12)14-9)8-3-1-2-6-13-8;4*1-13-4-11-14(5-13)6-2-3-7(9)12-8(6)10;;;;/h4-8H,1-2H3;4-7H,2H2,1H3;3-6H,1H3;1-3,5-6H;4*3-5H,1H3;;;;/q4*-1;4*-2;;;;. The second kappa shape index (κ2) is 48.8. The second-order valence-electron chi connectivity index (χ2n) is 23.9. The van der Waals surface area contributed by atoms with Crippen LogP contribution in [0.15, 0.2) is 148 Å². The largest absolute Gasteiger partial charge is 0.493 e. The molecule has 0 saturated heterocycles. The summed E-state index contributed by atoms with van der Waals surface area (Å²) >= 11 is 0. The molecule has 0 bridgehead atoms. The zero-order valence-electron chi connectivity index (χ0n) is 63.6. The zero-order chi connectivity index (χ0) is 85.3. The van der Waals surface area contributed by atoms with Crippen LogP contribution < -0.4 is 20.0 Å². The van der Waals surface area contributed by atoms with Gasteiger partial charge in [-0.15, -0.1) is 75.2 Å². The third kappa shape index (κ3) is 30.0. The van der Waals surface area contributed by atoms with Gasteiger partial charge in [0, 0.05) is 109 Å². The van der Waals surface area contributed by atoms with Crippen molar-refractivity contribution in [2.45, 2.75) is 40.0 Å². The molecule has 0 unspecified atom stereocenters. The molecule has 0 saturated carbocycles. The molecule has 0 aliphatic carbocycles. The van der Waals surface area contributed by atoms with Crippen molar-refractivity contribution >= 4 is 48.1 Å². The van der Waals surface area contributed by atoms with Gasteiger partial charge in [0.25, 0.3) is 0 Å². The van der Waals surface area contributed by atoms with Gasteiger partial charge in [-0.2, -0.15) is 44.7 Å². The number of hydrogen-bond acceptors (Lipinski definition) is 24. The maximum atomic E-state index is 13.4. The minimum Gasteiger partial charge on any atom is -0.493 e. The average molecular weight is 2410 g/mol. The van der Waals surface area contributed by atoms with Crippen molar-refractivity contribution in [3.8, 4) is 45.0 Å². The van der Waals surface area contributed by atoms with Crippen LogP contribution >= 0.6 is 0 Å². The van der Waals surface area contributed by atoms with Gasteiger partial charge in [0.15, 0.2) is 0 Å². The van der Waals surface area contributed by atoms with E-state index < -0.39 is 95.2 Å². The molecule has 16 rings (SSSR count). The fourth-order valence-corrected chi connectivity index (χ4v) is 9.22. The summed E-state index contributed by atoms with van der Waals surface area (Å²) < 4.78 is 206. The molecule has 0 N–H and O–H groups in total. The molecule has 44 heteroatoms. The Morgan fingerprint density at radius 2 is 0.590 bits per heavy atom. The third-order valence-corrected chi connectivity index (χ3v) is 14.7. The van der Waals surface area contributed by atoms with Crippen molar-refractivity contribution in [3.63, 3.8) is 0 Å². The summed E-state index contributed by atoms with van der Waals surface area (Å²) in [4.78, 5) is 46.9. The van der Waals surface area contributed by atoms with Crippen LogP contribution in [-0.4, -0.2) is 133 Å². The molecule has 4 aliphatic rings. The SMILES string of the molecule is CC(C)c1ccnc(-c2[c-]cc(F)nc2F)c1.CCc1ccnc(-c2[c-]cc(F)nc2F)c1.CN1C=NN(c2[c-]cc(F)nc2F)[CH-]1.CN1C=NN(c2[c-]cc(F)nc2F)[CH-]1.CN1C=NN(c2[c-]cc(F)nc2F)[CH-]1.CN1C=NN(c2[c-]cc(F)nc2F)[CH-]1.Cc1ccnc(-c2[c-]cc(F)nc2F)c1.Fc1c[c-]c(-c2ccccn2)c(F)n1.[Pt].[Pt].[Pt].[Pt]. The first-order valence-electron chi connectivity index (χ1n) is 33.7. The fraction of sp³-hybridized carbons (Fsp3) is 0.128. The Kier molecular flexibility index (Phi) is 40.5. The molecular weight excluding hydrogens is 2360 g/mol. The van der Waals surface area contributed by atoms with Gasteiger partial charge in [-0.25, -0.2) is 35.1 Å². The molecule has 0 aromatic carbocycles. The average Bonchev–Trinajstić information content (AvgIpc) is 1.82. The molecule has 0 spiro atoms. The summed E-state index contributed by atoms with van der Waals surface area (Å²) in [6, 6.07) is 43.1. The van der Waals surface area contributed by atoms with Crippen molar-refractivity contribution in [3.05, 3.63) is 315 Å². The van der Waals surface area contributed by atoms with E-state index in [9.17, 15) is 70.2 Å². The van der Waals surface area contributed by atoms with Crippen LogP contribution in [0.5, 0.6) is 0 Å². The summed E-state index contributed by atoms with van der Waals surface area (Å²) in [5.41, 5.74) is 4.95. The van der Waals surface area contributed by atoms with Gasteiger partial charge in [-0.05, 0) is 117 Å². The molecule has 16 heterocycles. The van der Waals surface area contributed by atoms with E-state index in [1.54, 1.807) is 109 Å². The number of aryl methyl sites for hydroxylation is 2. The van der Waals surface area contributed by atoms with Gasteiger partial charge in [0.05, 0.1) is 49.1 Å². The van der Waals surface area contributed by atoms with E-state index in [1.807, 2.05) is 39.8 Å². The van der Waals surface area contributed by atoms with E-state index in [4.69, 9.17) is 0 Å². The van der Waals surface area contributed by atoms with Crippen LogP contribution in [-0.2, 0) is 90.7 Å². The molecule has 0 fully saturated rings. The van der Waals surface area contributed by atoms with Crippen LogP contribution in [0.3, 0.4) is 0 Å². The smallest absolute Gasteiger partial charge is 0.128 e. The van der Waals surface area contributed by atoms with Gasteiger partial charge >= 0.3 is 0 Å². The molecule has 0 atom stereocenters. The molecule has 652 valence electrons. The molecule has 12 aromatic rings. The summed E-state index contributed by atoms with van der Waals surface area (Å²) in [5, 5.41) is 20.2. The fourth-order valence-electron chi connectivity index (χ4n) is 9.22. The van der Waals surface area contributed by atoms with Gasteiger partial charge in [-0.3, -0.25) is 55.1 Å². The molecule has 0 radical (unpaired) electrons. The summed E-state index contributed by atoms with van der Waals surface area (Å²) in [5.74, 6) is -14.1. The summed E-state index contributed by atoms with van der Waals surface area (Å²) in [6.45, 7) is 14.0. The van der Waals surface area contributed by atoms with Crippen molar-refractivity contribution < 1.29 is 155 Å². The Hall–Kier alpha value is -11.5. The molecular formula is C78H56F16N24Pt4-12. The Balaban J connectivity index is 0.000000247. The topological polar surface area (TPSA) is 230 Å². The number of hydrogen-bond donors (Lipinski definition) is 0. The van der Waals surface area contributed by atoms with E-state index in [0.717, 1.165) is 71.6 Å². The van der Waals surface area contributed by atoms with E-state index in [1.165, 1.54) is 78.3 Å².